The van der Waals surface area contributed by atoms with Crippen LogP contribution < -0.4 is 10.1 Å². The number of amides is 2. The predicted octanol–water partition coefficient (Wildman–Crippen LogP) is 3.92. The fraction of sp³-hybridized carbons (Fsp3) is 0.636. The SMILES string of the molecule is O=C(NC1CCCCCC1)c1ccccc1OCC(=O)N1CCCCCC1. The third-order valence-electron chi connectivity index (χ3n) is 5.63. The summed E-state index contributed by atoms with van der Waals surface area (Å²) in [6, 6.07) is 7.47. The lowest BCUT2D eigenvalue weighted by molar-refractivity contribution is -0.133. The molecular formula is C22H32N2O3. The van der Waals surface area contributed by atoms with Crippen molar-refractivity contribution in [1.29, 1.82) is 0 Å². The number of rotatable bonds is 5. The van der Waals surface area contributed by atoms with Crippen molar-refractivity contribution in [3.05, 3.63) is 29.8 Å². The van der Waals surface area contributed by atoms with Crippen molar-refractivity contribution >= 4 is 11.8 Å². The van der Waals surface area contributed by atoms with Crippen LogP contribution in [0.25, 0.3) is 0 Å². The minimum Gasteiger partial charge on any atom is -0.483 e. The monoisotopic (exact) mass is 372 g/mol. The van der Waals surface area contributed by atoms with Crippen LogP contribution in [-0.2, 0) is 4.79 Å². The maximum atomic E-state index is 12.8. The zero-order valence-electron chi connectivity index (χ0n) is 16.3. The summed E-state index contributed by atoms with van der Waals surface area (Å²) in [6.07, 6.45) is 11.4. The van der Waals surface area contributed by atoms with Gasteiger partial charge in [-0.15, -0.1) is 0 Å². The van der Waals surface area contributed by atoms with Gasteiger partial charge in [-0.25, -0.2) is 0 Å². The number of likely N-dealkylation sites (tertiary alicyclic amines) is 1. The largest absolute Gasteiger partial charge is 0.483 e. The smallest absolute Gasteiger partial charge is 0.260 e. The van der Waals surface area contributed by atoms with Gasteiger partial charge in [0.2, 0.25) is 0 Å². The molecule has 0 bridgehead atoms. The number of benzene rings is 1. The Morgan fingerprint density at radius 3 is 2.26 bits per heavy atom. The van der Waals surface area contributed by atoms with E-state index in [2.05, 4.69) is 5.32 Å². The van der Waals surface area contributed by atoms with Crippen LogP contribution in [0.2, 0.25) is 0 Å². The molecule has 2 fully saturated rings. The molecule has 1 aliphatic heterocycles. The lowest BCUT2D eigenvalue weighted by Crippen LogP contribution is -2.36. The first-order valence-electron chi connectivity index (χ1n) is 10.5. The van der Waals surface area contributed by atoms with E-state index in [1.165, 1.54) is 38.5 Å². The van der Waals surface area contributed by atoms with E-state index in [1.54, 1.807) is 12.1 Å². The van der Waals surface area contributed by atoms with Gasteiger partial charge >= 0.3 is 0 Å². The molecule has 0 unspecified atom stereocenters. The Morgan fingerprint density at radius 2 is 1.56 bits per heavy atom. The van der Waals surface area contributed by atoms with Gasteiger partial charge in [0.1, 0.15) is 5.75 Å². The number of nitrogens with zero attached hydrogens (tertiary/aromatic N) is 1. The number of carbonyl (C=O) groups excluding carboxylic acids is 2. The van der Waals surface area contributed by atoms with Gasteiger partial charge in [0.25, 0.3) is 11.8 Å². The average Bonchev–Trinajstić information content (AvgIpc) is 3.11. The summed E-state index contributed by atoms with van der Waals surface area (Å²) in [4.78, 5) is 27.1. The van der Waals surface area contributed by atoms with E-state index < -0.39 is 0 Å². The van der Waals surface area contributed by atoms with Gasteiger partial charge in [-0.05, 0) is 37.8 Å². The Bertz CT molecular complexity index is 616. The van der Waals surface area contributed by atoms with Crippen LogP contribution in [0.3, 0.4) is 0 Å². The maximum absolute atomic E-state index is 12.8. The summed E-state index contributed by atoms with van der Waals surface area (Å²) in [5.41, 5.74) is 0.519. The third-order valence-corrected chi connectivity index (χ3v) is 5.63. The topological polar surface area (TPSA) is 58.6 Å². The van der Waals surface area contributed by atoms with E-state index in [4.69, 9.17) is 4.74 Å². The van der Waals surface area contributed by atoms with E-state index in [9.17, 15) is 9.59 Å². The van der Waals surface area contributed by atoms with E-state index in [0.717, 1.165) is 38.8 Å². The molecule has 0 aromatic heterocycles. The minimum absolute atomic E-state index is 0.00623. The highest BCUT2D eigenvalue weighted by molar-refractivity contribution is 5.97. The third kappa shape index (κ3) is 5.98. The molecule has 1 aromatic carbocycles. The average molecular weight is 373 g/mol. The highest BCUT2D eigenvalue weighted by Crippen LogP contribution is 2.21. The first-order valence-corrected chi connectivity index (χ1v) is 10.5. The minimum atomic E-state index is -0.0975. The molecule has 148 valence electrons. The van der Waals surface area contributed by atoms with Crippen molar-refractivity contribution in [2.75, 3.05) is 19.7 Å². The number of para-hydroxylation sites is 1. The fourth-order valence-electron chi connectivity index (χ4n) is 4.02. The normalized spacial score (nSPS) is 19.0. The second kappa shape index (κ2) is 10.3. The first kappa shape index (κ1) is 19.7. The van der Waals surface area contributed by atoms with Crippen molar-refractivity contribution in [3.63, 3.8) is 0 Å². The second-order valence-corrected chi connectivity index (χ2v) is 7.74. The molecule has 1 saturated heterocycles. The van der Waals surface area contributed by atoms with Crippen molar-refractivity contribution in [2.45, 2.75) is 70.3 Å². The lowest BCUT2D eigenvalue weighted by Gasteiger charge is -2.21. The quantitative estimate of drug-likeness (QED) is 0.797. The van der Waals surface area contributed by atoms with Crippen LogP contribution in [-0.4, -0.2) is 42.5 Å². The molecule has 5 heteroatoms. The molecule has 0 spiro atoms. The van der Waals surface area contributed by atoms with Crippen LogP contribution in [0.4, 0.5) is 0 Å². The number of ether oxygens (including phenoxy) is 1. The van der Waals surface area contributed by atoms with Gasteiger partial charge < -0.3 is 15.0 Å². The van der Waals surface area contributed by atoms with Crippen LogP contribution in [0, 0.1) is 0 Å². The molecule has 1 heterocycles. The van der Waals surface area contributed by atoms with Gasteiger partial charge in [-0.2, -0.15) is 0 Å². The molecule has 27 heavy (non-hydrogen) atoms. The Hall–Kier alpha value is -2.04. The van der Waals surface area contributed by atoms with Crippen molar-refractivity contribution in [2.24, 2.45) is 0 Å². The van der Waals surface area contributed by atoms with E-state index >= 15 is 0 Å². The Morgan fingerprint density at radius 1 is 0.926 bits per heavy atom. The van der Waals surface area contributed by atoms with Gasteiger partial charge in [-0.1, -0.05) is 50.7 Å². The molecular weight excluding hydrogens is 340 g/mol. The van der Waals surface area contributed by atoms with E-state index in [-0.39, 0.29) is 24.5 Å². The number of hydrogen-bond donors (Lipinski definition) is 1. The first-order chi connectivity index (χ1) is 13.2. The van der Waals surface area contributed by atoms with Crippen LogP contribution in [0.15, 0.2) is 24.3 Å². The Balaban J connectivity index is 1.57. The highest BCUT2D eigenvalue weighted by Gasteiger charge is 2.20. The molecule has 1 N–H and O–H groups in total. The van der Waals surface area contributed by atoms with E-state index in [0.29, 0.717) is 11.3 Å². The zero-order chi connectivity index (χ0) is 18.9. The molecule has 2 amide bonds. The molecule has 1 aliphatic carbocycles. The summed E-state index contributed by atoms with van der Waals surface area (Å²) < 4.78 is 5.78. The summed E-state index contributed by atoms with van der Waals surface area (Å²) in [7, 11) is 0. The number of nitrogens with one attached hydrogen (secondary N) is 1. The van der Waals surface area contributed by atoms with Crippen LogP contribution in [0.5, 0.6) is 5.75 Å². The lowest BCUT2D eigenvalue weighted by atomic mass is 10.1. The standard InChI is InChI=1S/C22H32N2O3/c25-21(24-15-9-3-4-10-16-24)17-27-20-14-8-7-13-19(20)22(26)23-18-11-5-1-2-6-12-18/h7-8,13-14,18H,1-6,9-12,15-17H2,(H,23,26). The molecule has 0 radical (unpaired) electrons. The zero-order valence-corrected chi connectivity index (χ0v) is 16.3. The van der Waals surface area contributed by atoms with Crippen molar-refractivity contribution in [3.8, 4) is 5.75 Å². The summed E-state index contributed by atoms with van der Waals surface area (Å²) in [6.45, 7) is 1.62. The number of carbonyl (C=O) groups is 2. The maximum Gasteiger partial charge on any atom is 0.260 e. The summed E-state index contributed by atoms with van der Waals surface area (Å²) in [5.74, 6) is 0.405. The second-order valence-electron chi connectivity index (χ2n) is 7.74. The Kier molecular flexibility index (Phi) is 7.55. The fourth-order valence-corrected chi connectivity index (χ4v) is 4.02. The molecule has 0 atom stereocenters. The summed E-state index contributed by atoms with van der Waals surface area (Å²) >= 11 is 0. The van der Waals surface area contributed by atoms with Gasteiger partial charge in [-0.3, -0.25) is 9.59 Å². The van der Waals surface area contributed by atoms with Gasteiger partial charge in [0.15, 0.2) is 6.61 Å². The number of hydrogen-bond acceptors (Lipinski definition) is 3. The summed E-state index contributed by atoms with van der Waals surface area (Å²) in [5, 5.41) is 3.16. The van der Waals surface area contributed by atoms with Crippen molar-refractivity contribution < 1.29 is 14.3 Å². The van der Waals surface area contributed by atoms with Gasteiger partial charge in [0.05, 0.1) is 5.56 Å². The highest BCUT2D eigenvalue weighted by atomic mass is 16.5. The predicted molar refractivity (Wildman–Crippen MR) is 106 cm³/mol. The van der Waals surface area contributed by atoms with Crippen LogP contribution in [0.1, 0.15) is 74.6 Å². The molecule has 1 aromatic rings. The molecule has 1 saturated carbocycles. The van der Waals surface area contributed by atoms with E-state index in [1.807, 2.05) is 17.0 Å². The molecule has 2 aliphatic rings. The molecule has 5 nitrogen and oxygen atoms in total. The Labute approximate surface area is 162 Å². The van der Waals surface area contributed by atoms with Crippen molar-refractivity contribution in [1.82, 2.24) is 10.2 Å². The van der Waals surface area contributed by atoms with Gasteiger partial charge in [0, 0.05) is 19.1 Å². The molecule has 3 rings (SSSR count). The van der Waals surface area contributed by atoms with Crippen LogP contribution >= 0.6 is 0 Å².